The molecule has 0 saturated heterocycles. The number of imidazole rings is 1. The Morgan fingerprint density at radius 3 is 2.90 bits per heavy atom. The molecule has 0 bridgehead atoms. The van der Waals surface area contributed by atoms with Gasteiger partial charge in [-0.25, -0.2) is 4.98 Å². The van der Waals surface area contributed by atoms with Gasteiger partial charge in [-0.1, -0.05) is 26.2 Å². The molecule has 2 heterocycles. The molecular weight excluding hydrogens is 286 g/mol. The summed E-state index contributed by atoms with van der Waals surface area (Å²) in [4.78, 5) is 9.25. The molecule has 0 aromatic carbocycles. The number of methoxy groups -OCH3 is 1. The fourth-order valence-corrected chi connectivity index (χ4v) is 3.65. The van der Waals surface area contributed by atoms with Gasteiger partial charge in [0.05, 0.1) is 13.0 Å². The van der Waals surface area contributed by atoms with E-state index >= 15 is 0 Å². The predicted molar refractivity (Wildman–Crippen MR) is 84.9 cm³/mol. The molecule has 2 aromatic heterocycles. The van der Waals surface area contributed by atoms with Crippen molar-refractivity contribution in [3.63, 3.8) is 0 Å². The first-order chi connectivity index (χ1) is 10.3. The van der Waals surface area contributed by atoms with Crippen LogP contribution in [0.25, 0.3) is 11.2 Å². The lowest BCUT2D eigenvalue weighted by atomic mass is 9.84. The first-order valence-electron chi connectivity index (χ1n) is 7.74. The molecule has 3 rings (SSSR count). The molecule has 21 heavy (non-hydrogen) atoms. The molecule has 1 aliphatic carbocycles. The van der Waals surface area contributed by atoms with E-state index in [1.807, 2.05) is 12.1 Å². The maximum atomic E-state index is 6.12. The lowest BCUT2D eigenvalue weighted by molar-refractivity contribution is 0.261. The minimum Gasteiger partial charge on any atom is -0.481 e. The molecule has 0 aliphatic heterocycles. The summed E-state index contributed by atoms with van der Waals surface area (Å²) in [5, 5.41) is 0. The smallest absolute Gasteiger partial charge is 0.215 e. The number of halogens is 1. The van der Waals surface area contributed by atoms with Gasteiger partial charge in [0.1, 0.15) is 11.3 Å². The van der Waals surface area contributed by atoms with Crippen LogP contribution in [0.1, 0.15) is 50.9 Å². The van der Waals surface area contributed by atoms with Crippen molar-refractivity contribution < 1.29 is 4.74 Å². The first-order valence-corrected chi connectivity index (χ1v) is 8.28. The van der Waals surface area contributed by atoms with E-state index < -0.39 is 0 Å². The molecule has 1 aliphatic rings. The number of pyridine rings is 1. The van der Waals surface area contributed by atoms with Crippen molar-refractivity contribution in [3.8, 4) is 5.88 Å². The highest BCUT2D eigenvalue weighted by atomic mass is 35.5. The zero-order valence-corrected chi connectivity index (χ0v) is 13.4. The van der Waals surface area contributed by atoms with Gasteiger partial charge < -0.3 is 9.30 Å². The number of rotatable bonds is 4. The van der Waals surface area contributed by atoms with E-state index in [0.29, 0.717) is 17.8 Å². The maximum absolute atomic E-state index is 6.12. The van der Waals surface area contributed by atoms with Crippen LogP contribution in [0.15, 0.2) is 12.1 Å². The average molecular weight is 308 g/mol. The van der Waals surface area contributed by atoms with Crippen LogP contribution in [0.3, 0.4) is 0 Å². The summed E-state index contributed by atoms with van der Waals surface area (Å²) in [7, 11) is 1.64. The molecule has 1 saturated carbocycles. The van der Waals surface area contributed by atoms with E-state index in [2.05, 4.69) is 21.5 Å². The Balaban J connectivity index is 2.06. The Kier molecular flexibility index (Phi) is 4.34. The van der Waals surface area contributed by atoms with E-state index in [1.165, 1.54) is 32.1 Å². The number of fused-ring (bicyclic) bond motifs is 1. The number of hydrogen-bond donors (Lipinski definition) is 0. The molecule has 2 aromatic rings. The summed E-state index contributed by atoms with van der Waals surface area (Å²) in [6.07, 6.45) is 6.24. The summed E-state index contributed by atoms with van der Waals surface area (Å²) in [6, 6.07) is 4.28. The second-order valence-electron chi connectivity index (χ2n) is 5.82. The lowest BCUT2D eigenvalue weighted by Crippen LogP contribution is -2.20. The van der Waals surface area contributed by atoms with Crippen LogP contribution in [0.2, 0.25) is 0 Å². The highest BCUT2D eigenvalue weighted by molar-refractivity contribution is 6.16. The Hall–Kier alpha value is -1.29. The summed E-state index contributed by atoms with van der Waals surface area (Å²) in [5.74, 6) is 2.78. The topological polar surface area (TPSA) is 39.9 Å². The Morgan fingerprint density at radius 2 is 2.19 bits per heavy atom. The van der Waals surface area contributed by atoms with Crippen LogP contribution in [0.4, 0.5) is 0 Å². The van der Waals surface area contributed by atoms with Crippen molar-refractivity contribution in [2.45, 2.75) is 50.9 Å². The summed E-state index contributed by atoms with van der Waals surface area (Å²) < 4.78 is 7.52. The highest BCUT2D eigenvalue weighted by Gasteiger charge is 2.26. The zero-order valence-electron chi connectivity index (χ0n) is 12.7. The fraction of sp³-hybridized carbons (Fsp3) is 0.625. The van der Waals surface area contributed by atoms with Crippen LogP contribution in [-0.4, -0.2) is 21.6 Å². The van der Waals surface area contributed by atoms with Gasteiger partial charge >= 0.3 is 0 Å². The van der Waals surface area contributed by atoms with E-state index in [0.717, 1.165) is 22.9 Å². The molecular formula is C16H22ClN3O. The van der Waals surface area contributed by atoms with E-state index in [9.17, 15) is 0 Å². The summed E-state index contributed by atoms with van der Waals surface area (Å²) in [6.45, 7) is 2.28. The van der Waals surface area contributed by atoms with E-state index in [4.69, 9.17) is 16.3 Å². The molecule has 0 N–H and O–H groups in total. The normalized spacial score (nSPS) is 22.6. The van der Waals surface area contributed by atoms with Gasteiger partial charge in [0.2, 0.25) is 5.88 Å². The Morgan fingerprint density at radius 1 is 1.33 bits per heavy atom. The molecule has 4 nitrogen and oxygen atoms in total. The number of ether oxygens (including phenoxy) is 1. The Labute approximate surface area is 130 Å². The molecule has 114 valence electrons. The third-order valence-corrected chi connectivity index (χ3v) is 4.85. The molecule has 5 heteroatoms. The monoisotopic (exact) mass is 307 g/mol. The molecule has 2 unspecified atom stereocenters. The minimum absolute atomic E-state index is 0.423. The van der Waals surface area contributed by atoms with Crippen molar-refractivity contribution in [2.75, 3.05) is 7.11 Å². The quantitative estimate of drug-likeness (QED) is 0.790. The fourth-order valence-electron chi connectivity index (χ4n) is 3.46. The van der Waals surface area contributed by atoms with E-state index in [1.54, 1.807) is 7.11 Å². The lowest BCUT2D eigenvalue weighted by Gasteiger charge is -2.30. The van der Waals surface area contributed by atoms with Crippen molar-refractivity contribution >= 4 is 22.8 Å². The third-order valence-electron chi connectivity index (χ3n) is 4.61. The molecule has 1 fully saturated rings. The number of nitrogens with zero attached hydrogens (tertiary/aromatic N) is 3. The molecule has 0 radical (unpaired) electrons. The molecule has 2 atom stereocenters. The van der Waals surface area contributed by atoms with Crippen LogP contribution in [0, 0.1) is 5.92 Å². The van der Waals surface area contributed by atoms with Gasteiger partial charge in [0.25, 0.3) is 0 Å². The average Bonchev–Trinajstić information content (AvgIpc) is 2.92. The first kappa shape index (κ1) is 14.6. The van der Waals surface area contributed by atoms with Gasteiger partial charge in [-0.3, -0.25) is 0 Å². The van der Waals surface area contributed by atoms with Crippen LogP contribution < -0.4 is 4.74 Å². The maximum Gasteiger partial charge on any atom is 0.215 e. The second-order valence-corrected chi connectivity index (χ2v) is 6.09. The van der Waals surface area contributed by atoms with E-state index in [-0.39, 0.29) is 0 Å². The highest BCUT2D eigenvalue weighted by Crippen LogP contribution is 2.37. The minimum atomic E-state index is 0.423. The van der Waals surface area contributed by atoms with Crippen molar-refractivity contribution in [1.82, 2.24) is 14.5 Å². The summed E-state index contributed by atoms with van der Waals surface area (Å²) >= 11 is 6.12. The number of aromatic nitrogens is 3. The van der Waals surface area contributed by atoms with Gasteiger partial charge in [0.15, 0.2) is 5.65 Å². The second kappa shape index (κ2) is 6.22. The zero-order chi connectivity index (χ0) is 14.8. The Bertz CT molecular complexity index is 625. The van der Waals surface area contributed by atoms with Crippen molar-refractivity contribution in [3.05, 3.63) is 18.0 Å². The molecule has 0 amide bonds. The SMILES string of the molecule is CCC1CCCC(n2c(CCl)nc3ccc(OC)nc32)C1. The van der Waals surface area contributed by atoms with Crippen molar-refractivity contribution in [2.24, 2.45) is 5.92 Å². The van der Waals surface area contributed by atoms with Gasteiger partial charge in [-0.05, 0) is 24.8 Å². The van der Waals surface area contributed by atoms with Crippen LogP contribution in [0.5, 0.6) is 5.88 Å². The third kappa shape index (κ3) is 2.73. The van der Waals surface area contributed by atoms with Gasteiger partial charge in [0, 0.05) is 12.1 Å². The standard InChI is InChI=1S/C16H22ClN3O/c1-3-11-5-4-6-12(9-11)20-14(10-17)18-13-7-8-15(21-2)19-16(13)20/h7-8,11-12H,3-6,9-10H2,1-2H3. The molecule has 0 spiro atoms. The van der Waals surface area contributed by atoms with Crippen LogP contribution >= 0.6 is 11.6 Å². The largest absolute Gasteiger partial charge is 0.481 e. The number of alkyl halides is 1. The van der Waals surface area contributed by atoms with Crippen molar-refractivity contribution in [1.29, 1.82) is 0 Å². The predicted octanol–water partition coefficient (Wildman–Crippen LogP) is 4.32. The number of hydrogen-bond acceptors (Lipinski definition) is 3. The summed E-state index contributed by atoms with van der Waals surface area (Å²) in [5.41, 5.74) is 1.82. The van der Waals surface area contributed by atoms with Gasteiger partial charge in [-0.2, -0.15) is 4.98 Å². The van der Waals surface area contributed by atoms with Gasteiger partial charge in [-0.15, -0.1) is 11.6 Å². The van der Waals surface area contributed by atoms with Crippen LogP contribution in [-0.2, 0) is 5.88 Å².